The van der Waals surface area contributed by atoms with Gasteiger partial charge in [-0.1, -0.05) is 11.6 Å². The second-order valence-electron chi connectivity index (χ2n) is 5.92. The molecule has 1 unspecified atom stereocenters. The number of carbonyl (C=O) groups excluding carboxylic acids is 1. The molecule has 2 N–H and O–H groups in total. The zero-order valence-electron chi connectivity index (χ0n) is 13.6. The molecule has 11 heteroatoms. The van der Waals surface area contributed by atoms with Gasteiger partial charge in [-0.25, -0.2) is 13.1 Å². The molecule has 0 radical (unpaired) electrons. The average Bonchev–Trinajstić information content (AvgIpc) is 2.53. The fourth-order valence-corrected chi connectivity index (χ4v) is 3.89. The van der Waals surface area contributed by atoms with Gasteiger partial charge in [0.2, 0.25) is 15.9 Å². The third-order valence-electron chi connectivity index (χ3n) is 3.93. The number of carbonyl (C=O) groups is 1. The Labute approximate surface area is 154 Å². The molecule has 1 aromatic carbocycles. The Kier molecular flexibility index (Phi) is 6.54. The van der Waals surface area contributed by atoms with Crippen LogP contribution in [0.25, 0.3) is 0 Å². The molecular weight excluding hydrogens is 397 g/mol. The van der Waals surface area contributed by atoms with Gasteiger partial charge in [-0.05, 0) is 31.0 Å². The highest BCUT2D eigenvalue weighted by atomic mass is 35.5. The maximum atomic E-state index is 12.8. The number of rotatable bonds is 5. The normalized spacial score (nSPS) is 18.8. The largest absolute Gasteiger partial charge is 0.417 e. The Morgan fingerprint density at radius 1 is 1.38 bits per heavy atom. The van der Waals surface area contributed by atoms with Gasteiger partial charge in [0.1, 0.15) is 0 Å². The molecule has 2 rings (SSSR count). The van der Waals surface area contributed by atoms with Gasteiger partial charge in [-0.15, -0.1) is 0 Å². The zero-order chi connectivity index (χ0) is 19.5. The lowest BCUT2D eigenvalue weighted by atomic mass is 10.1. The van der Waals surface area contributed by atoms with Crippen molar-refractivity contribution in [2.45, 2.75) is 36.4 Å². The van der Waals surface area contributed by atoms with Crippen molar-refractivity contribution in [3.63, 3.8) is 0 Å². The minimum absolute atomic E-state index is 0.161. The molecule has 6 nitrogen and oxygen atoms in total. The van der Waals surface area contributed by atoms with Crippen LogP contribution in [-0.4, -0.2) is 50.1 Å². The summed E-state index contributed by atoms with van der Waals surface area (Å²) in [5.41, 5.74) is -1.25. The van der Waals surface area contributed by atoms with Crippen LogP contribution in [0, 0.1) is 0 Å². The van der Waals surface area contributed by atoms with E-state index in [-0.39, 0.29) is 25.4 Å². The van der Waals surface area contributed by atoms with Crippen molar-refractivity contribution in [3.8, 4) is 0 Å². The van der Waals surface area contributed by atoms with Crippen LogP contribution in [0.5, 0.6) is 0 Å². The van der Waals surface area contributed by atoms with Crippen molar-refractivity contribution < 1.29 is 31.5 Å². The number of nitrogens with one attached hydrogen (secondary N) is 1. The lowest BCUT2D eigenvalue weighted by Crippen LogP contribution is -2.43. The summed E-state index contributed by atoms with van der Waals surface area (Å²) < 4.78 is 64.9. The summed E-state index contributed by atoms with van der Waals surface area (Å²) in [4.78, 5) is 12.9. The summed E-state index contributed by atoms with van der Waals surface area (Å²) >= 11 is 5.47. The number of hydrogen-bond acceptors (Lipinski definition) is 4. The van der Waals surface area contributed by atoms with Gasteiger partial charge in [-0.3, -0.25) is 4.79 Å². The van der Waals surface area contributed by atoms with E-state index >= 15 is 0 Å². The molecule has 1 amide bonds. The first kappa shape index (κ1) is 20.9. The number of benzene rings is 1. The number of aliphatic hydroxyl groups is 1. The van der Waals surface area contributed by atoms with Gasteiger partial charge in [0.25, 0.3) is 0 Å². The van der Waals surface area contributed by atoms with E-state index in [2.05, 4.69) is 4.72 Å². The number of likely N-dealkylation sites (tertiary alicyclic amines) is 1. The molecule has 1 heterocycles. The monoisotopic (exact) mass is 414 g/mol. The van der Waals surface area contributed by atoms with E-state index in [1.165, 1.54) is 4.90 Å². The van der Waals surface area contributed by atoms with Gasteiger partial charge in [-0.2, -0.15) is 13.2 Å². The second-order valence-corrected chi connectivity index (χ2v) is 8.10. The molecule has 1 aliphatic rings. The quantitative estimate of drug-likeness (QED) is 0.771. The van der Waals surface area contributed by atoms with E-state index in [0.29, 0.717) is 25.5 Å². The number of nitrogens with zero attached hydrogens (tertiary/aromatic N) is 1. The van der Waals surface area contributed by atoms with Gasteiger partial charge < -0.3 is 10.0 Å². The molecule has 1 fully saturated rings. The Morgan fingerprint density at radius 3 is 2.69 bits per heavy atom. The van der Waals surface area contributed by atoms with Crippen LogP contribution < -0.4 is 4.72 Å². The molecule has 146 valence electrons. The number of β-amino-alcohol motifs (C(OH)–C–C–N with tert-alkyl or cyclic N) is 1. The van der Waals surface area contributed by atoms with E-state index < -0.39 is 37.8 Å². The summed E-state index contributed by atoms with van der Waals surface area (Å²) in [5, 5.41) is 8.94. The van der Waals surface area contributed by atoms with E-state index in [0.717, 1.165) is 12.1 Å². The first-order chi connectivity index (χ1) is 12.0. The molecule has 0 saturated carbocycles. The molecule has 0 aromatic heterocycles. The number of hydrogen-bond donors (Lipinski definition) is 2. The van der Waals surface area contributed by atoms with Crippen molar-refractivity contribution in [1.82, 2.24) is 9.62 Å². The number of alkyl halides is 3. The number of halogens is 4. The molecule has 26 heavy (non-hydrogen) atoms. The van der Waals surface area contributed by atoms with Crippen molar-refractivity contribution in [3.05, 3.63) is 28.8 Å². The van der Waals surface area contributed by atoms with Crippen molar-refractivity contribution in [1.29, 1.82) is 0 Å². The predicted octanol–water partition coefficient (Wildman–Crippen LogP) is 2.01. The van der Waals surface area contributed by atoms with E-state index in [9.17, 15) is 31.5 Å². The van der Waals surface area contributed by atoms with Crippen LogP contribution in [0.4, 0.5) is 13.2 Å². The fourth-order valence-electron chi connectivity index (χ4n) is 2.60. The highest BCUT2D eigenvalue weighted by Gasteiger charge is 2.34. The second kappa shape index (κ2) is 8.12. The zero-order valence-corrected chi connectivity index (χ0v) is 15.2. The highest BCUT2D eigenvalue weighted by molar-refractivity contribution is 7.89. The Morgan fingerprint density at radius 2 is 2.08 bits per heavy atom. The van der Waals surface area contributed by atoms with Crippen LogP contribution in [-0.2, 0) is 21.0 Å². The minimum atomic E-state index is -4.78. The lowest BCUT2D eigenvalue weighted by molar-refractivity contribution is -0.137. The van der Waals surface area contributed by atoms with Crippen LogP contribution in [0.15, 0.2) is 23.1 Å². The molecular formula is C15H18ClF3N2O4S. The topological polar surface area (TPSA) is 86.7 Å². The van der Waals surface area contributed by atoms with Crippen LogP contribution in [0.3, 0.4) is 0 Å². The van der Waals surface area contributed by atoms with Gasteiger partial charge >= 0.3 is 6.18 Å². The summed E-state index contributed by atoms with van der Waals surface area (Å²) in [7, 11) is -4.23. The molecule has 1 saturated heterocycles. The van der Waals surface area contributed by atoms with E-state index in [1.807, 2.05) is 0 Å². The van der Waals surface area contributed by atoms with Gasteiger partial charge in [0.05, 0.1) is 21.6 Å². The number of piperidine rings is 1. The first-order valence-corrected chi connectivity index (χ1v) is 9.69. The summed E-state index contributed by atoms with van der Waals surface area (Å²) in [6, 6.07) is 2.27. The number of amides is 1. The smallest absolute Gasteiger partial charge is 0.391 e. The van der Waals surface area contributed by atoms with Crippen LogP contribution in [0.2, 0.25) is 5.02 Å². The van der Waals surface area contributed by atoms with E-state index in [4.69, 9.17) is 11.6 Å². The summed E-state index contributed by atoms with van der Waals surface area (Å²) in [6.45, 7) is 0.407. The molecule has 0 bridgehead atoms. The van der Waals surface area contributed by atoms with Crippen molar-refractivity contribution in [2.24, 2.45) is 0 Å². The Balaban J connectivity index is 2.00. The third kappa shape index (κ3) is 5.32. The molecule has 1 aliphatic heterocycles. The predicted molar refractivity (Wildman–Crippen MR) is 88.1 cm³/mol. The van der Waals surface area contributed by atoms with Gasteiger partial charge in [0.15, 0.2) is 0 Å². The van der Waals surface area contributed by atoms with Gasteiger partial charge in [0, 0.05) is 26.1 Å². The molecule has 0 spiro atoms. The van der Waals surface area contributed by atoms with Crippen LogP contribution >= 0.6 is 11.6 Å². The standard InChI is InChI=1S/C15H18ClF3N2O4S/c16-13-4-3-11(8-12(13)15(17,18)19)26(24,25)20-6-5-14(23)21-7-1-2-10(22)9-21/h3-4,8,10,20,22H,1-2,5-7,9H2. The fraction of sp³-hybridized carbons (Fsp3) is 0.533. The van der Waals surface area contributed by atoms with E-state index in [1.54, 1.807) is 0 Å². The average molecular weight is 415 g/mol. The number of sulfonamides is 1. The van der Waals surface area contributed by atoms with Crippen LogP contribution in [0.1, 0.15) is 24.8 Å². The third-order valence-corrected chi connectivity index (χ3v) is 5.72. The lowest BCUT2D eigenvalue weighted by Gasteiger charge is -2.30. The Bertz CT molecular complexity index is 771. The molecule has 1 atom stereocenters. The van der Waals surface area contributed by atoms with Crippen molar-refractivity contribution >= 4 is 27.5 Å². The maximum absolute atomic E-state index is 12.8. The Hall–Kier alpha value is -1.36. The first-order valence-electron chi connectivity index (χ1n) is 7.83. The number of aliphatic hydroxyl groups excluding tert-OH is 1. The summed E-state index contributed by atoms with van der Waals surface area (Å²) in [6.07, 6.45) is -4.28. The minimum Gasteiger partial charge on any atom is -0.391 e. The SMILES string of the molecule is O=C(CCNS(=O)(=O)c1ccc(Cl)c(C(F)(F)F)c1)N1CCCC(O)C1. The molecule has 1 aromatic rings. The maximum Gasteiger partial charge on any atom is 0.417 e. The summed E-state index contributed by atoms with van der Waals surface area (Å²) in [5.74, 6) is -0.335. The van der Waals surface area contributed by atoms with Crippen molar-refractivity contribution in [2.75, 3.05) is 19.6 Å². The molecule has 0 aliphatic carbocycles. The highest BCUT2D eigenvalue weighted by Crippen LogP contribution is 2.35.